The number of amides is 1. The van der Waals surface area contributed by atoms with Crippen LogP contribution in [0, 0.1) is 6.92 Å². The van der Waals surface area contributed by atoms with Crippen molar-refractivity contribution in [1.82, 2.24) is 5.32 Å². The number of nitrogens with one attached hydrogen (secondary N) is 1. The van der Waals surface area contributed by atoms with Crippen molar-refractivity contribution in [3.8, 4) is 5.75 Å². The molecule has 0 bridgehead atoms. The average Bonchev–Trinajstić information content (AvgIpc) is 2.19. The van der Waals surface area contributed by atoms with E-state index < -0.39 is 0 Å². The number of benzene rings is 1. The zero-order valence-electron chi connectivity index (χ0n) is 9.71. The van der Waals surface area contributed by atoms with Crippen LogP contribution in [0.5, 0.6) is 5.75 Å². The van der Waals surface area contributed by atoms with Gasteiger partial charge in [0.25, 0.3) is 5.91 Å². The first-order chi connectivity index (χ1) is 7.52. The second kappa shape index (κ2) is 3.81. The van der Waals surface area contributed by atoms with Crippen molar-refractivity contribution in [3.63, 3.8) is 0 Å². The summed E-state index contributed by atoms with van der Waals surface area (Å²) in [6.45, 7) is 3.82. The van der Waals surface area contributed by atoms with E-state index in [1.165, 1.54) is 6.42 Å². The van der Waals surface area contributed by atoms with Gasteiger partial charge in [-0.25, -0.2) is 0 Å². The van der Waals surface area contributed by atoms with Crippen molar-refractivity contribution in [3.05, 3.63) is 29.3 Å². The van der Waals surface area contributed by atoms with Gasteiger partial charge in [0.2, 0.25) is 0 Å². The van der Waals surface area contributed by atoms with Gasteiger partial charge in [-0.1, -0.05) is 6.07 Å². The van der Waals surface area contributed by atoms with Crippen LogP contribution in [0.25, 0.3) is 0 Å². The van der Waals surface area contributed by atoms with Crippen LogP contribution in [0.1, 0.15) is 42.1 Å². The summed E-state index contributed by atoms with van der Waals surface area (Å²) in [7, 11) is 0. The Kier molecular flexibility index (Phi) is 2.62. The van der Waals surface area contributed by atoms with Gasteiger partial charge in [0.15, 0.2) is 0 Å². The molecule has 0 aliphatic heterocycles. The van der Waals surface area contributed by atoms with Crippen molar-refractivity contribution < 1.29 is 9.90 Å². The molecule has 0 radical (unpaired) electrons. The van der Waals surface area contributed by atoms with Gasteiger partial charge in [-0.3, -0.25) is 4.79 Å². The van der Waals surface area contributed by atoms with Crippen LogP contribution in [0.2, 0.25) is 0 Å². The number of hydrogen-bond donors (Lipinski definition) is 2. The number of carbonyl (C=O) groups is 1. The molecule has 1 aliphatic rings. The normalized spacial score (nSPS) is 17.6. The first-order valence-electron chi connectivity index (χ1n) is 5.63. The molecule has 1 aliphatic carbocycles. The molecule has 16 heavy (non-hydrogen) atoms. The van der Waals surface area contributed by atoms with Gasteiger partial charge >= 0.3 is 0 Å². The van der Waals surface area contributed by atoms with Gasteiger partial charge < -0.3 is 10.4 Å². The molecule has 0 atom stereocenters. The van der Waals surface area contributed by atoms with E-state index in [1.54, 1.807) is 25.1 Å². The van der Waals surface area contributed by atoms with Crippen molar-refractivity contribution in [2.45, 2.75) is 38.6 Å². The summed E-state index contributed by atoms with van der Waals surface area (Å²) in [6.07, 6.45) is 3.25. The molecule has 2 rings (SSSR count). The molecular weight excluding hydrogens is 202 g/mol. The lowest BCUT2D eigenvalue weighted by atomic mass is 9.78. The minimum Gasteiger partial charge on any atom is -0.508 e. The van der Waals surface area contributed by atoms with Crippen molar-refractivity contribution in [2.24, 2.45) is 0 Å². The number of phenols is 1. The zero-order chi connectivity index (χ0) is 11.8. The lowest BCUT2D eigenvalue weighted by Crippen LogP contribution is -2.51. The minimum absolute atomic E-state index is 0.0466. The fourth-order valence-corrected chi connectivity index (χ4v) is 2.04. The third kappa shape index (κ3) is 1.90. The summed E-state index contributed by atoms with van der Waals surface area (Å²) in [6, 6.07) is 5.03. The maximum absolute atomic E-state index is 12.0. The Bertz CT molecular complexity index is 422. The van der Waals surface area contributed by atoms with Crippen molar-refractivity contribution >= 4 is 5.91 Å². The molecule has 3 nitrogen and oxygen atoms in total. The first kappa shape index (κ1) is 11.0. The molecule has 1 fully saturated rings. The third-order valence-electron chi connectivity index (χ3n) is 3.42. The number of phenolic OH excluding ortho intramolecular Hbond substituents is 1. The highest BCUT2D eigenvalue weighted by molar-refractivity contribution is 5.96. The monoisotopic (exact) mass is 219 g/mol. The van der Waals surface area contributed by atoms with E-state index in [2.05, 4.69) is 12.2 Å². The van der Waals surface area contributed by atoms with E-state index in [0.29, 0.717) is 11.1 Å². The SMILES string of the molecule is Cc1c(O)cccc1C(=O)NC1(C)CCC1. The van der Waals surface area contributed by atoms with Gasteiger partial charge in [-0.2, -0.15) is 0 Å². The highest BCUT2D eigenvalue weighted by Crippen LogP contribution is 2.31. The Balaban J connectivity index is 2.17. The summed E-state index contributed by atoms with van der Waals surface area (Å²) in [5, 5.41) is 12.6. The van der Waals surface area contributed by atoms with Gasteiger partial charge in [-0.05, 0) is 45.2 Å². The van der Waals surface area contributed by atoms with Crippen LogP contribution in [-0.2, 0) is 0 Å². The number of carbonyl (C=O) groups excluding carboxylic acids is 1. The number of hydrogen-bond acceptors (Lipinski definition) is 2. The van der Waals surface area contributed by atoms with Gasteiger partial charge in [-0.15, -0.1) is 0 Å². The quantitative estimate of drug-likeness (QED) is 0.802. The molecule has 1 aromatic carbocycles. The van der Waals surface area contributed by atoms with Gasteiger partial charge in [0, 0.05) is 16.7 Å². The summed E-state index contributed by atoms with van der Waals surface area (Å²) >= 11 is 0. The Hall–Kier alpha value is -1.51. The maximum atomic E-state index is 12.0. The van der Waals surface area contributed by atoms with E-state index in [0.717, 1.165) is 12.8 Å². The van der Waals surface area contributed by atoms with Crippen LogP contribution in [0.15, 0.2) is 18.2 Å². The highest BCUT2D eigenvalue weighted by atomic mass is 16.3. The molecule has 2 N–H and O–H groups in total. The van der Waals surface area contributed by atoms with Gasteiger partial charge in [0.1, 0.15) is 5.75 Å². The summed E-state index contributed by atoms with van der Waals surface area (Å²) < 4.78 is 0. The third-order valence-corrected chi connectivity index (χ3v) is 3.42. The molecule has 0 unspecified atom stereocenters. The Morgan fingerprint density at radius 2 is 2.12 bits per heavy atom. The molecule has 1 aromatic rings. The lowest BCUT2D eigenvalue weighted by Gasteiger charge is -2.39. The van der Waals surface area contributed by atoms with E-state index in [1.807, 2.05) is 0 Å². The fourth-order valence-electron chi connectivity index (χ4n) is 2.04. The second-order valence-electron chi connectivity index (χ2n) is 4.82. The van der Waals surface area contributed by atoms with Gasteiger partial charge in [0.05, 0.1) is 0 Å². The van der Waals surface area contributed by atoms with Crippen LogP contribution >= 0.6 is 0 Å². The molecule has 0 aromatic heterocycles. The van der Waals surface area contributed by atoms with E-state index in [4.69, 9.17) is 0 Å². The van der Waals surface area contributed by atoms with Crippen LogP contribution in [-0.4, -0.2) is 16.6 Å². The van der Waals surface area contributed by atoms with Crippen molar-refractivity contribution in [1.29, 1.82) is 0 Å². The minimum atomic E-state index is -0.0874. The van der Waals surface area contributed by atoms with Crippen molar-refractivity contribution in [2.75, 3.05) is 0 Å². The maximum Gasteiger partial charge on any atom is 0.252 e. The molecule has 1 amide bonds. The van der Waals surface area contributed by atoms with Crippen LogP contribution in [0.3, 0.4) is 0 Å². The highest BCUT2D eigenvalue weighted by Gasteiger charge is 2.33. The summed E-state index contributed by atoms with van der Waals surface area (Å²) in [5.41, 5.74) is 1.16. The molecule has 86 valence electrons. The average molecular weight is 219 g/mol. The number of rotatable bonds is 2. The molecular formula is C13H17NO2. The predicted octanol–water partition coefficient (Wildman–Crippen LogP) is 2.37. The molecule has 1 saturated carbocycles. The molecule has 0 spiro atoms. The Morgan fingerprint density at radius 3 is 2.69 bits per heavy atom. The first-order valence-corrected chi connectivity index (χ1v) is 5.63. The van der Waals surface area contributed by atoms with E-state index in [-0.39, 0.29) is 17.2 Å². The van der Waals surface area contributed by atoms with Crippen LogP contribution < -0.4 is 5.32 Å². The largest absolute Gasteiger partial charge is 0.508 e. The second-order valence-corrected chi connectivity index (χ2v) is 4.82. The Morgan fingerprint density at radius 1 is 1.44 bits per heavy atom. The van der Waals surface area contributed by atoms with Crippen LogP contribution in [0.4, 0.5) is 0 Å². The lowest BCUT2D eigenvalue weighted by molar-refractivity contribution is 0.0849. The van der Waals surface area contributed by atoms with E-state index in [9.17, 15) is 9.90 Å². The number of aromatic hydroxyl groups is 1. The smallest absolute Gasteiger partial charge is 0.252 e. The standard InChI is InChI=1S/C13H17NO2/c1-9-10(5-3-6-11(9)15)12(16)14-13(2)7-4-8-13/h3,5-6,15H,4,7-8H2,1-2H3,(H,14,16). The molecule has 0 heterocycles. The summed E-state index contributed by atoms with van der Waals surface area (Å²) in [4.78, 5) is 12.0. The summed E-state index contributed by atoms with van der Waals surface area (Å²) in [5.74, 6) is 0.0852. The molecule has 3 heteroatoms. The van der Waals surface area contributed by atoms with E-state index >= 15 is 0 Å². The zero-order valence-corrected chi connectivity index (χ0v) is 9.71. The molecule has 0 saturated heterocycles. The predicted molar refractivity (Wildman–Crippen MR) is 62.6 cm³/mol. The topological polar surface area (TPSA) is 49.3 Å². The fraction of sp³-hybridized carbons (Fsp3) is 0.462. The Labute approximate surface area is 95.5 Å².